The number of aryl methyl sites for hydroxylation is 1. The van der Waals surface area contributed by atoms with Gasteiger partial charge in [-0.25, -0.2) is 0 Å². The van der Waals surface area contributed by atoms with Gasteiger partial charge in [-0.1, -0.05) is 0 Å². The lowest BCUT2D eigenvalue weighted by atomic mass is 10.1. The van der Waals surface area contributed by atoms with Gasteiger partial charge in [0.25, 0.3) is 11.6 Å². The van der Waals surface area contributed by atoms with Crippen molar-refractivity contribution in [3.8, 4) is 0 Å². The summed E-state index contributed by atoms with van der Waals surface area (Å²) in [5.74, 6) is -0.327. The van der Waals surface area contributed by atoms with E-state index < -0.39 is 4.92 Å². The Kier molecular flexibility index (Phi) is 4.09. The average molecular weight is 336 g/mol. The molecule has 6 nitrogen and oxygen atoms in total. The predicted molar refractivity (Wildman–Crippen MR) is 77.7 cm³/mol. The van der Waals surface area contributed by atoms with Gasteiger partial charge in [0.05, 0.1) is 10.5 Å². The van der Waals surface area contributed by atoms with Crippen LogP contribution in [0, 0.1) is 17.0 Å². The Morgan fingerprint density at radius 1 is 1.35 bits per heavy atom. The summed E-state index contributed by atoms with van der Waals surface area (Å²) in [6.07, 6.45) is 3.02. The van der Waals surface area contributed by atoms with Crippen LogP contribution in [-0.4, -0.2) is 15.8 Å². The summed E-state index contributed by atoms with van der Waals surface area (Å²) in [6, 6.07) is 6.06. The van der Waals surface area contributed by atoms with E-state index in [0.717, 1.165) is 0 Å². The molecule has 7 heteroatoms. The molecule has 0 unspecified atom stereocenters. The standard InChI is InChI=1S/C13H10BrN3O3/c1-8-4-11(2-3-12(8)17(19)20)16-13(18)9-5-10(14)7-15-6-9/h2-7H,1H3,(H,16,18). The molecule has 0 aliphatic rings. The molecule has 0 aliphatic heterocycles. The molecule has 0 saturated heterocycles. The Labute approximate surface area is 123 Å². The molecular formula is C13H10BrN3O3. The number of nitro benzene ring substituents is 1. The number of rotatable bonds is 3. The van der Waals surface area contributed by atoms with Crippen LogP contribution in [0.2, 0.25) is 0 Å². The van der Waals surface area contributed by atoms with Gasteiger partial charge in [-0.05, 0) is 41.1 Å². The molecule has 0 aliphatic carbocycles. The van der Waals surface area contributed by atoms with Gasteiger partial charge in [0.2, 0.25) is 0 Å². The zero-order valence-electron chi connectivity index (χ0n) is 10.5. The summed E-state index contributed by atoms with van der Waals surface area (Å²) in [5.41, 5.74) is 1.40. The molecule has 1 N–H and O–H groups in total. The molecular weight excluding hydrogens is 326 g/mol. The smallest absolute Gasteiger partial charge is 0.272 e. The molecule has 0 radical (unpaired) electrons. The molecule has 1 heterocycles. The lowest BCUT2D eigenvalue weighted by molar-refractivity contribution is -0.385. The maximum Gasteiger partial charge on any atom is 0.272 e. The Morgan fingerprint density at radius 3 is 2.70 bits per heavy atom. The van der Waals surface area contributed by atoms with E-state index in [1.54, 1.807) is 25.3 Å². The van der Waals surface area contributed by atoms with Crippen LogP contribution in [0.15, 0.2) is 41.1 Å². The quantitative estimate of drug-likeness (QED) is 0.688. The van der Waals surface area contributed by atoms with E-state index in [-0.39, 0.29) is 11.6 Å². The molecule has 1 aromatic heterocycles. The van der Waals surface area contributed by atoms with Gasteiger partial charge in [-0.2, -0.15) is 0 Å². The largest absolute Gasteiger partial charge is 0.322 e. The maximum absolute atomic E-state index is 12.0. The zero-order valence-corrected chi connectivity index (χ0v) is 12.0. The monoisotopic (exact) mass is 335 g/mol. The van der Waals surface area contributed by atoms with E-state index in [1.165, 1.54) is 18.3 Å². The second-order valence-electron chi connectivity index (χ2n) is 4.10. The van der Waals surface area contributed by atoms with Crippen LogP contribution in [0.1, 0.15) is 15.9 Å². The number of carbonyl (C=O) groups is 1. The minimum absolute atomic E-state index is 0.0205. The molecule has 0 fully saturated rings. The topological polar surface area (TPSA) is 85.1 Å². The SMILES string of the molecule is Cc1cc(NC(=O)c2cncc(Br)c2)ccc1[N+](=O)[O-]. The first-order chi connectivity index (χ1) is 9.47. The Balaban J connectivity index is 2.20. The molecule has 2 aromatic rings. The summed E-state index contributed by atoms with van der Waals surface area (Å²) in [4.78, 5) is 26.2. The van der Waals surface area contributed by atoms with Gasteiger partial charge in [0.1, 0.15) is 0 Å². The van der Waals surface area contributed by atoms with Crippen LogP contribution in [-0.2, 0) is 0 Å². The van der Waals surface area contributed by atoms with Crippen molar-refractivity contribution in [1.29, 1.82) is 0 Å². The Bertz CT molecular complexity index is 688. The Morgan fingerprint density at radius 2 is 2.10 bits per heavy atom. The highest BCUT2D eigenvalue weighted by atomic mass is 79.9. The first kappa shape index (κ1) is 14.1. The van der Waals surface area contributed by atoms with E-state index in [1.807, 2.05) is 0 Å². The number of nitrogens with one attached hydrogen (secondary N) is 1. The fraction of sp³-hybridized carbons (Fsp3) is 0.0769. The number of aromatic nitrogens is 1. The van der Waals surface area contributed by atoms with E-state index >= 15 is 0 Å². The molecule has 1 aromatic carbocycles. The number of anilines is 1. The second-order valence-corrected chi connectivity index (χ2v) is 5.02. The summed E-state index contributed by atoms with van der Waals surface area (Å²) in [7, 11) is 0. The zero-order chi connectivity index (χ0) is 14.7. The van der Waals surface area contributed by atoms with Crippen LogP contribution in [0.4, 0.5) is 11.4 Å². The number of hydrogen-bond acceptors (Lipinski definition) is 4. The molecule has 0 spiro atoms. The van der Waals surface area contributed by atoms with Gasteiger partial charge in [-0.3, -0.25) is 19.9 Å². The van der Waals surface area contributed by atoms with E-state index in [0.29, 0.717) is 21.3 Å². The van der Waals surface area contributed by atoms with Gasteiger partial charge in [0.15, 0.2) is 0 Å². The third kappa shape index (κ3) is 3.18. The van der Waals surface area contributed by atoms with Crippen LogP contribution in [0.25, 0.3) is 0 Å². The van der Waals surface area contributed by atoms with E-state index in [9.17, 15) is 14.9 Å². The number of hydrogen-bond donors (Lipinski definition) is 1. The number of carbonyl (C=O) groups excluding carboxylic acids is 1. The van der Waals surface area contributed by atoms with E-state index in [2.05, 4.69) is 26.2 Å². The van der Waals surface area contributed by atoms with Crippen molar-refractivity contribution in [3.05, 3.63) is 62.4 Å². The average Bonchev–Trinajstić information content (AvgIpc) is 2.38. The van der Waals surface area contributed by atoms with Crippen LogP contribution in [0.5, 0.6) is 0 Å². The van der Waals surface area contributed by atoms with Crippen LogP contribution >= 0.6 is 15.9 Å². The molecule has 20 heavy (non-hydrogen) atoms. The molecule has 0 saturated carbocycles. The van der Waals surface area contributed by atoms with Crippen molar-refractivity contribution in [1.82, 2.24) is 4.98 Å². The number of amides is 1. The van der Waals surface area contributed by atoms with Crippen molar-refractivity contribution in [2.24, 2.45) is 0 Å². The molecule has 0 atom stereocenters. The third-order valence-corrected chi connectivity index (χ3v) is 3.05. The molecule has 102 valence electrons. The predicted octanol–water partition coefficient (Wildman–Crippen LogP) is 3.31. The van der Waals surface area contributed by atoms with Gasteiger partial charge < -0.3 is 5.32 Å². The highest BCUT2D eigenvalue weighted by molar-refractivity contribution is 9.10. The first-order valence-electron chi connectivity index (χ1n) is 5.64. The molecule has 2 rings (SSSR count). The third-order valence-electron chi connectivity index (χ3n) is 2.62. The van der Waals surface area contributed by atoms with Crippen molar-refractivity contribution >= 4 is 33.2 Å². The normalized spacial score (nSPS) is 10.1. The number of benzene rings is 1. The number of nitrogens with zero attached hydrogens (tertiary/aromatic N) is 2. The fourth-order valence-corrected chi connectivity index (χ4v) is 2.04. The van der Waals surface area contributed by atoms with Crippen molar-refractivity contribution in [2.75, 3.05) is 5.32 Å². The maximum atomic E-state index is 12.0. The summed E-state index contributed by atoms with van der Waals surface area (Å²) >= 11 is 3.24. The molecule has 1 amide bonds. The lowest BCUT2D eigenvalue weighted by Crippen LogP contribution is -2.12. The lowest BCUT2D eigenvalue weighted by Gasteiger charge is -2.06. The van der Waals surface area contributed by atoms with Gasteiger partial charge in [-0.15, -0.1) is 0 Å². The number of pyridine rings is 1. The minimum Gasteiger partial charge on any atom is -0.322 e. The minimum atomic E-state index is -0.459. The first-order valence-corrected chi connectivity index (χ1v) is 6.43. The van der Waals surface area contributed by atoms with Crippen LogP contribution in [0.3, 0.4) is 0 Å². The van der Waals surface area contributed by atoms with E-state index in [4.69, 9.17) is 0 Å². The summed E-state index contributed by atoms with van der Waals surface area (Å²) in [6.45, 7) is 1.62. The van der Waals surface area contributed by atoms with Crippen molar-refractivity contribution in [3.63, 3.8) is 0 Å². The second kappa shape index (κ2) is 5.79. The van der Waals surface area contributed by atoms with Crippen molar-refractivity contribution in [2.45, 2.75) is 6.92 Å². The van der Waals surface area contributed by atoms with Gasteiger partial charge in [0, 0.05) is 34.2 Å². The summed E-state index contributed by atoms with van der Waals surface area (Å²) in [5, 5.41) is 13.4. The van der Waals surface area contributed by atoms with Gasteiger partial charge >= 0.3 is 0 Å². The number of nitro groups is 1. The fourth-order valence-electron chi connectivity index (χ4n) is 1.68. The highest BCUT2D eigenvalue weighted by Crippen LogP contribution is 2.22. The highest BCUT2D eigenvalue weighted by Gasteiger charge is 2.12. The Hall–Kier alpha value is -2.28. The molecule has 0 bridgehead atoms. The summed E-state index contributed by atoms with van der Waals surface area (Å²) < 4.78 is 0.699. The van der Waals surface area contributed by atoms with Crippen LogP contribution < -0.4 is 5.32 Å². The van der Waals surface area contributed by atoms with Crippen molar-refractivity contribution < 1.29 is 9.72 Å². The number of halogens is 1.